The van der Waals surface area contributed by atoms with E-state index in [0.717, 1.165) is 21.1 Å². The number of azo groups is 1. The summed E-state index contributed by atoms with van der Waals surface area (Å²) in [6.45, 7) is 7.67. The van der Waals surface area contributed by atoms with Gasteiger partial charge in [0.2, 0.25) is 0 Å². The molecule has 0 aliphatic carbocycles. The Kier molecular flexibility index (Phi) is 3.21. The van der Waals surface area contributed by atoms with Crippen molar-refractivity contribution in [2.24, 2.45) is 5.11 Å². The minimum absolute atomic E-state index is 0.352. The van der Waals surface area contributed by atoms with Gasteiger partial charge in [0, 0.05) is 11.8 Å². The molecule has 0 radical (unpaired) electrons. The molecule has 0 N–H and O–H groups in total. The highest BCUT2D eigenvalue weighted by Crippen LogP contribution is 2.28. The SMILES string of the molecule is Cc1nc(/N=[N+](\[O-])c2nc(C)c(C)s2)sc1C. The summed E-state index contributed by atoms with van der Waals surface area (Å²) < 4.78 is 0. The van der Waals surface area contributed by atoms with E-state index in [0.29, 0.717) is 15.1 Å². The minimum atomic E-state index is 0.352. The van der Waals surface area contributed by atoms with Crippen LogP contribution in [0, 0.1) is 32.9 Å². The fourth-order valence-corrected chi connectivity index (χ4v) is 2.69. The molecule has 90 valence electrons. The zero-order valence-corrected chi connectivity index (χ0v) is 11.6. The third-order valence-corrected chi connectivity index (χ3v) is 4.36. The van der Waals surface area contributed by atoms with Crippen molar-refractivity contribution in [1.82, 2.24) is 9.97 Å². The van der Waals surface area contributed by atoms with Gasteiger partial charge in [-0.15, -0.1) is 4.86 Å². The number of aryl methyl sites for hydroxylation is 4. The third kappa shape index (κ3) is 2.50. The van der Waals surface area contributed by atoms with Crippen molar-refractivity contribution in [3.63, 3.8) is 0 Å². The standard InChI is InChI=1S/C10H12N4OS2/c1-5-7(3)16-9(11-5)13-14(15)10-12-6(2)8(4)17-10/h1-4H3/b14-13-. The molecule has 0 amide bonds. The van der Waals surface area contributed by atoms with Crippen LogP contribution >= 0.6 is 22.7 Å². The van der Waals surface area contributed by atoms with Gasteiger partial charge in [0.05, 0.1) is 10.6 Å². The van der Waals surface area contributed by atoms with Crippen LogP contribution in [0.1, 0.15) is 21.1 Å². The number of rotatable bonds is 2. The van der Waals surface area contributed by atoms with Gasteiger partial charge < -0.3 is 5.21 Å². The molecule has 0 atom stereocenters. The highest BCUT2D eigenvalue weighted by molar-refractivity contribution is 7.15. The highest BCUT2D eigenvalue weighted by atomic mass is 32.1. The first kappa shape index (κ1) is 12.1. The number of nitrogens with zero attached hydrogens (tertiary/aromatic N) is 4. The van der Waals surface area contributed by atoms with E-state index in [9.17, 15) is 5.21 Å². The molecule has 0 bridgehead atoms. The van der Waals surface area contributed by atoms with Crippen molar-refractivity contribution in [3.05, 3.63) is 26.3 Å². The van der Waals surface area contributed by atoms with Crippen LogP contribution in [0.4, 0.5) is 10.3 Å². The molecule has 0 aromatic carbocycles. The number of thiazole rings is 2. The maximum Gasteiger partial charge on any atom is 0.407 e. The van der Waals surface area contributed by atoms with Crippen LogP contribution in [0.3, 0.4) is 0 Å². The third-order valence-electron chi connectivity index (χ3n) is 2.37. The predicted molar refractivity (Wildman–Crippen MR) is 68.6 cm³/mol. The first-order chi connectivity index (χ1) is 7.97. The topological polar surface area (TPSA) is 64.2 Å². The molecule has 5 nitrogen and oxygen atoms in total. The highest BCUT2D eigenvalue weighted by Gasteiger charge is 2.14. The van der Waals surface area contributed by atoms with Crippen molar-refractivity contribution >= 4 is 32.9 Å². The van der Waals surface area contributed by atoms with Gasteiger partial charge in [-0.1, -0.05) is 11.3 Å². The van der Waals surface area contributed by atoms with Gasteiger partial charge in [0.15, 0.2) is 5.69 Å². The van der Waals surface area contributed by atoms with Crippen molar-refractivity contribution in [2.45, 2.75) is 27.7 Å². The van der Waals surface area contributed by atoms with Gasteiger partial charge in [-0.2, -0.15) is 0 Å². The molecule has 7 heteroatoms. The Morgan fingerprint density at radius 3 is 2.06 bits per heavy atom. The Hall–Kier alpha value is -1.34. The molecule has 2 aromatic rings. The lowest BCUT2D eigenvalue weighted by molar-refractivity contribution is -0.435. The van der Waals surface area contributed by atoms with E-state index in [1.165, 1.54) is 22.7 Å². The molecule has 0 spiro atoms. The monoisotopic (exact) mass is 268 g/mol. The molecular formula is C10H12N4OS2. The second kappa shape index (κ2) is 4.50. The number of hydrogen-bond donors (Lipinski definition) is 0. The fourth-order valence-electron chi connectivity index (χ4n) is 1.16. The molecule has 0 aliphatic rings. The Bertz CT molecular complexity index is 546. The van der Waals surface area contributed by atoms with E-state index in [-0.39, 0.29) is 0 Å². The molecule has 2 heterocycles. The van der Waals surface area contributed by atoms with Gasteiger partial charge in [0.1, 0.15) is 0 Å². The van der Waals surface area contributed by atoms with Crippen LogP contribution in [0.15, 0.2) is 5.11 Å². The normalized spacial score (nSPS) is 12.1. The quantitative estimate of drug-likeness (QED) is 0.473. The van der Waals surface area contributed by atoms with Crippen molar-refractivity contribution in [3.8, 4) is 0 Å². The largest absolute Gasteiger partial charge is 0.690 e. The van der Waals surface area contributed by atoms with Gasteiger partial charge in [0.25, 0.3) is 5.13 Å². The summed E-state index contributed by atoms with van der Waals surface area (Å²) in [5.74, 6) is 0. The lowest BCUT2D eigenvalue weighted by Crippen LogP contribution is -1.89. The average Bonchev–Trinajstić information content (AvgIpc) is 2.73. The first-order valence-corrected chi connectivity index (χ1v) is 6.67. The molecule has 0 saturated carbocycles. The lowest BCUT2D eigenvalue weighted by atomic mass is 10.4. The fraction of sp³-hybridized carbons (Fsp3) is 0.400. The second-order valence-electron chi connectivity index (χ2n) is 3.65. The smallest absolute Gasteiger partial charge is 0.407 e. The number of hydrogen-bond acceptors (Lipinski definition) is 6. The molecule has 0 aliphatic heterocycles. The molecule has 2 rings (SSSR count). The zero-order valence-electron chi connectivity index (χ0n) is 10.0. The van der Waals surface area contributed by atoms with Gasteiger partial charge in [-0.05, 0) is 42.2 Å². The first-order valence-electron chi connectivity index (χ1n) is 5.04. The van der Waals surface area contributed by atoms with Crippen LogP contribution in [0.25, 0.3) is 0 Å². The van der Waals surface area contributed by atoms with E-state index in [2.05, 4.69) is 15.1 Å². The van der Waals surface area contributed by atoms with Crippen LogP contribution < -0.4 is 0 Å². The summed E-state index contributed by atoms with van der Waals surface area (Å²) in [6.07, 6.45) is 0. The summed E-state index contributed by atoms with van der Waals surface area (Å²) in [4.78, 5) is 11.0. The van der Waals surface area contributed by atoms with Gasteiger partial charge in [-0.25, -0.2) is 4.98 Å². The maximum absolute atomic E-state index is 11.8. The van der Waals surface area contributed by atoms with E-state index in [1.54, 1.807) is 0 Å². The van der Waals surface area contributed by atoms with Crippen molar-refractivity contribution in [2.75, 3.05) is 0 Å². The molecule has 2 aromatic heterocycles. The summed E-state index contributed by atoms with van der Waals surface area (Å²) in [5, 5.41) is 16.5. The van der Waals surface area contributed by atoms with Crippen molar-refractivity contribution < 1.29 is 4.86 Å². The predicted octanol–water partition coefficient (Wildman–Crippen LogP) is 3.76. The Labute approximate surface area is 107 Å². The van der Waals surface area contributed by atoms with E-state index < -0.39 is 0 Å². The van der Waals surface area contributed by atoms with Crippen molar-refractivity contribution in [1.29, 1.82) is 0 Å². The van der Waals surface area contributed by atoms with Gasteiger partial charge >= 0.3 is 5.13 Å². The maximum atomic E-state index is 11.8. The molecular weight excluding hydrogens is 256 g/mol. The molecule has 0 unspecified atom stereocenters. The summed E-state index contributed by atoms with van der Waals surface area (Å²) in [6, 6.07) is 0. The van der Waals surface area contributed by atoms with Gasteiger partial charge in [-0.3, -0.25) is 0 Å². The molecule has 0 saturated heterocycles. The summed E-state index contributed by atoms with van der Waals surface area (Å²) >= 11 is 2.74. The number of aromatic nitrogens is 2. The van der Waals surface area contributed by atoms with E-state index >= 15 is 0 Å². The van der Waals surface area contributed by atoms with Crippen LogP contribution in [0.2, 0.25) is 0 Å². The zero-order chi connectivity index (χ0) is 12.6. The Morgan fingerprint density at radius 2 is 1.59 bits per heavy atom. The molecule has 17 heavy (non-hydrogen) atoms. The van der Waals surface area contributed by atoms with Crippen LogP contribution in [0.5, 0.6) is 0 Å². The van der Waals surface area contributed by atoms with Crippen LogP contribution in [-0.2, 0) is 0 Å². The van der Waals surface area contributed by atoms with E-state index in [4.69, 9.17) is 0 Å². The second-order valence-corrected chi connectivity index (χ2v) is 6.01. The van der Waals surface area contributed by atoms with Crippen LogP contribution in [-0.4, -0.2) is 14.8 Å². The average molecular weight is 268 g/mol. The Balaban J connectivity index is 2.33. The lowest BCUT2D eigenvalue weighted by Gasteiger charge is -1.96. The molecule has 0 fully saturated rings. The summed E-state index contributed by atoms with van der Waals surface area (Å²) in [7, 11) is 0. The Morgan fingerprint density at radius 1 is 1.00 bits per heavy atom. The van der Waals surface area contributed by atoms with E-state index in [1.807, 2.05) is 27.7 Å². The summed E-state index contributed by atoms with van der Waals surface area (Å²) in [5.41, 5.74) is 1.78. The minimum Gasteiger partial charge on any atom is -0.690 e.